The van der Waals surface area contributed by atoms with E-state index >= 15 is 0 Å². The Hall–Kier alpha value is -0.890. The topological polar surface area (TPSA) is 15.3 Å². The van der Waals surface area contributed by atoms with Crippen molar-refractivity contribution in [1.82, 2.24) is 0 Å². The Labute approximate surface area is 132 Å². The van der Waals surface area contributed by atoms with Gasteiger partial charge in [-0.05, 0) is 74.0 Å². The number of anilines is 2. The maximum Gasteiger partial charge on any atom is 0.0597 e. The highest BCUT2D eigenvalue weighted by Crippen LogP contribution is 2.54. The van der Waals surface area contributed by atoms with Crippen LogP contribution in [0.25, 0.3) is 0 Å². The van der Waals surface area contributed by atoms with E-state index in [0.29, 0.717) is 6.04 Å². The van der Waals surface area contributed by atoms with Crippen LogP contribution in [0.1, 0.15) is 32.1 Å². The van der Waals surface area contributed by atoms with Crippen LogP contribution in [0.3, 0.4) is 0 Å². The van der Waals surface area contributed by atoms with Crippen molar-refractivity contribution < 1.29 is 0 Å². The first-order chi connectivity index (χ1) is 10.1. The minimum atomic E-state index is 0.662. The van der Waals surface area contributed by atoms with E-state index in [-0.39, 0.29) is 0 Å². The summed E-state index contributed by atoms with van der Waals surface area (Å²) < 4.78 is 0. The van der Waals surface area contributed by atoms with E-state index in [0.717, 1.165) is 28.7 Å². The number of rotatable bonds is 3. The van der Waals surface area contributed by atoms with Crippen LogP contribution in [0.15, 0.2) is 18.2 Å². The van der Waals surface area contributed by atoms with Gasteiger partial charge in [-0.3, -0.25) is 0 Å². The minimum absolute atomic E-state index is 0.662. The lowest BCUT2D eigenvalue weighted by atomic mass is 9.54. The number of halogens is 1. The second-order valence-electron chi connectivity index (χ2n) is 7.66. The molecule has 0 aromatic heterocycles. The number of nitrogens with zero attached hydrogens (tertiary/aromatic N) is 1. The molecular formula is C18H25ClN2. The van der Waals surface area contributed by atoms with Crippen molar-refractivity contribution in [2.24, 2.45) is 23.7 Å². The fourth-order valence-corrected chi connectivity index (χ4v) is 5.53. The average molecular weight is 305 g/mol. The summed E-state index contributed by atoms with van der Waals surface area (Å²) in [7, 11) is 4.20. The van der Waals surface area contributed by atoms with E-state index in [9.17, 15) is 0 Å². The zero-order chi connectivity index (χ0) is 14.6. The molecule has 1 N–H and O–H groups in total. The summed E-state index contributed by atoms with van der Waals surface area (Å²) in [5, 5.41) is 4.71. The lowest BCUT2D eigenvalue weighted by molar-refractivity contribution is 0.00755. The first-order valence-corrected chi connectivity index (χ1v) is 8.71. The van der Waals surface area contributed by atoms with Crippen LogP contribution in [0.2, 0.25) is 5.02 Å². The average Bonchev–Trinajstić information content (AvgIpc) is 2.41. The molecular weight excluding hydrogens is 280 g/mol. The Bertz CT molecular complexity index is 512. The molecule has 21 heavy (non-hydrogen) atoms. The van der Waals surface area contributed by atoms with Crippen molar-refractivity contribution in [3.05, 3.63) is 23.2 Å². The summed E-state index contributed by atoms with van der Waals surface area (Å²) >= 11 is 6.23. The fraction of sp³-hybridized carbons (Fsp3) is 0.667. The van der Waals surface area contributed by atoms with Gasteiger partial charge in [-0.1, -0.05) is 11.6 Å². The fourth-order valence-electron chi connectivity index (χ4n) is 5.35. The van der Waals surface area contributed by atoms with Crippen LogP contribution in [-0.4, -0.2) is 20.1 Å². The number of hydrogen-bond donors (Lipinski definition) is 1. The van der Waals surface area contributed by atoms with Crippen LogP contribution in [0.5, 0.6) is 0 Å². The third-order valence-electron chi connectivity index (χ3n) is 5.99. The van der Waals surface area contributed by atoms with Gasteiger partial charge in [-0.15, -0.1) is 0 Å². The Balaban J connectivity index is 1.60. The highest BCUT2D eigenvalue weighted by Gasteiger charge is 2.48. The quantitative estimate of drug-likeness (QED) is 0.875. The molecule has 114 valence electrons. The molecule has 1 aromatic carbocycles. The Morgan fingerprint density at radius 2 is 1.62 bits per heavy atom. The first-order valence-electron chi connectivity index (χ1n) is 8.33. The van der Waals surface area contributed by atoms with Gasteiger partial charge in [0, 0.05) is 25.2 Å². The Morgan fingerprint density at radius 3 is 2.19 bits per heavy atom. The van der Waals surface area contributed by atoms with Gasteiger partial charge in [0.1, 0.15) is 0 Å². The SMILES string of the molecule is CN(C)c1ccc(Cl)cc1NC1C2CC3CC(C2)CC1C3. The molecule has 5 rings (SSSR count). The molecule has 4 saturated carbocycles. The second-order valence-corrected chi connectivity index (χ2v) is 8.09. The van der Waals surface area contributed by atoms with E-state index in [1.165, 1.54) is 43.5 Å². The van der Waals surface area contributed by atoms with Crippen LogP contribution in [0, 0.1) is 23.7 Å². The predicted octanol–water partition coefficient (Wildman–Crippen LogP) is 4.64. The van der Waals surface area contributed by atoms with Crippen molar-refractivity contribution in [3.8, 4) is 0 Å². The molecule has 2 nitrogen and oxygen atoms in total. The second kappa shape index (κ2) is 5.08. The number of nitrogens with one attached hydrogen (secondary N) is 1. The van der Waals surface area contributed by atoms with Crippen LogP contribution < -0.4 is 10.2 Å². The van der Waals surface area contributed by atoms with Gasteiger partial charge in [0.2, 0.25) is 0 Å². The van der Waals surface area contributed by atoms with Gasteiger partial charge in [0.05, 0.1) is 11.4 Å². The monoisotopic (exact) mass is 304 g/mol. The lowest BCUT2D eigenvalue weighted by Crippen LogP contribution is -2.51. The van der Waals surface area contributed by atoms with Gasteiger partial charge in [-0.2, -0.15) is 0 Å². The molecule has 4 aliphatic carbocycles. The maximum atomic E-state index is 6.23. The van der Waals surface area contributed by atoms with Crippen LogP contribution in [0.4, 0.5) is 11.4 Å². The molecule has 0 spiro atoms. The minimum Gasteiger partial charge on any atom is -0.380 e. The zero-order valence-electron chi connectivity index (χ0n) is 13.0. The van der Waals surface area contributed by atoms with Gasteiger partial charge in [0.25, 0.3) is 0 Å². The number of hydrogen-bond acceptors (Lipinski definition) is 2. The molecule has 0 atom stereocenters. The molecule has 0 aliphatic heterocycles. The van der Waals surface area contributed by atoms with E-state index in [2.05, 4.69) is 36.4 Å². The summed E-state index contributed by atoms with van der Waals surface area (Å²) in [6.45, 7) is 0. The van der Waals surface area contributed by atoms with Crippen LogP contribution >= 0.6 is 11.6 Å². The Morgan fingerprint density at radius 1 is 1.00 bits per heavy atom. The predicted molar refractivity (Wildman–Crippen MR) is 90.2 cm³/mol. The van der Waals surface area contributed by atoms with Gasteiger partial charge in [-0.25, -0.2) is 0 Å². The molecule has 4 aliphatic rings. The molecule has 0 radical (unpaired) electrons. The van der Waals surface area contributed by atoms with Crippen molar-refractivity contribution >= 4 is 23.0 Å². The Kier molecular flexibility index (Phi) is 3.33. The van der Waals surface area contributed by atoms with Gasteiger partial charge in [0.15, 0.2) is 0 Å². The summed E-state index contributed by atoms with van der Waals surface area (Å²) in [5.41, 5.74) is 2.46. The highest BCUT2D eigenvalue weighted by molar-refractivity contribution is 6.31. The van der Waals surface area contributed by atoms with E-state index in [1.807, 2.05) is 6.07 Å². The molecule has 0 saturated heterocycles. The normalized spacial score (nSPS) is 36.8. The third-order valence-corrected chi connectivity index (χ3v) is 6.22. The standard InChI is InChI=1S/C18H25ClN2/c1-21(2)17-4-3-15(19)10-16(17)20-18-13-6-11-5-12(8-13)9-14(18)7-11/h3-4,10-14,18,20H,5-9H2,1-2H3. The third kappa shape index (κ3) is 2.42. The molecule has 4 bridgehead atoms. The van der Waals surface area contributed by atoms with Crippen molar-refractivity contribution in [2.75, 3.05) is 24.3 Å². The smallest absolute Gasteiger partial charge is 0.0597 e. The van der Waals surface area contributed by atoms with Crippen molar-refractivity contribution in [1.29, 1.82) is 0 Å². The van der Waals surface area contributed by atoms with Crippen molar-refractivity contribution in [3.63, 3.8) is 0 Å². The molecule has 1 aromatic rings. The van der Waals surface area contributed by atoms with E-state index < -0.39 is 0 Å². The maximum absolute atomic E-state index is 6.23. The van der Waals surface area contributed by atoms with E-state index in [1.54, 1.807) is 0 Å². The molecule has 0 amide bonds. The number of benzene rings is 1. The molecule has 4 fully saturated rings. The highest BCUT2D eigenvalue weighted by atomic mass is 35.5. The summed E-state index contributed by atoms with van der Waals surface area (Å²) in [6.07, 6.45) is 7.30. The summed E-state index contributed by atoms with van der Waals surface area (Å²) in [4.78, 5) is 2.18. The largest absolute Gasteiger partial charge is 0.380 e. The molecule has 3 heteroatoms. The molecule has 0 unspecified atom stereocenters. The van der Waals surface area contributed by atoms with E-state index in [4.69, 9.17) is 11.6 Å². The van der Waals surface area contributed by atoms with Gasteiger partial charge < -0.3 is 10.2 Å². The van der Waals surface area contributed by atoms with Crippen LogP contribution in [-0.2, 0) is 0 Å². The molecule has 0 heterocycles. The lowest BCUT2D eigenvalue weighted by Gasteiger charge is -2.54. The van der Waals surface area contributed by atoms with Crippen molar-refractivity contribution in [2.45, 2.75) is 38.1 Å². The summed E-state index contributed by atoms with van der Waals surface area (Å²) in [5.74, 6) is 3.82. The zero-order valence-corrected chi connectivity index (χ0v) is 13.7. The first kappa shape index (κ1) is 13.8. The van der Waals surface area contributed by atoms with Gasteiger partial charge >= 0.3 is 0 Å². The summed E-state index contributed by atoms with van der Waals surface area (Å²) in [6, 6.07) is 6.87.